The predicted octanol–water partition coefficient (Wildman–Crippen LogP) is 1.18. The zero-order chi connectivity index (χ0) is 18.6. The molecule has 1 aliphatic rings. The number of likely N-dealkylation sites (tertiary alicyclic amines) is 1. The third kappa shape index (κ3) is 3.51. The summed E-state index contributed by atoms with van der Waals surface area (Å²) in [5.41, 5.74) is 0.807. The fourth-order valence-corrected chi connectivity index (χ4v) is 3.53. The van der Waals surface area contributed by atoms with Crippen molar-refractivity contribution in [3.63, 3.8) is 0 Å². The van der Waals surface area contributed by atoms with E-state index < -0.39 is 41.8 Å². The van der Waals surface area contributed by atoms with Crippen LogP contribution in [0.3, 0.4) is 0 Å². The number of hydrogen-bond donors (Lipinski definition) is 0. The molecule has 0 bridgehead atoms. The van der Waals surface area contributed by atoms with Crippen molar-refractivity contribution in [2.24, 2.45) is 11.8 Å². The number of benzene rings is 1. The number of likely N-dealkylation sites (N-methyl/N-ethyl adjacent to an activating group) is 1. The van der Waals surface area contributed by atoms with Gasteiger partial charge in [0.15, 0.2) is 0 Å². The van der Waals surface area contributed by atoms with Crippen molar-refractivity contribution >= 4 is 17.9 Å². The van der Waals surface area contributed by atoms with Crippen molar-refractivity contribution in [1.29, 1.82) is 0 Å². The molecule has 1 aromatic rings. The van der Waals surface area contributed by atoms with Gasteiger partial charge in [0.25, 0.3) is 0 Å². The van der Waals surface area contributed by atoms with E-state index in [1.54, 1.807) is 18.9 Å². The summed E-state index contributed by atoms with van der Waals surface area (Å²) < 4.78 is 14.9. The van der Waals surface area contributed by atoms with E-state index in [1.165, 1.54) is 14.2 Å². The molecule has 7 nitrogen and oxygen atoms in total. The SMILES string of the molecule is CCOC(=O)[C@H]1[C@H](C(=O)OC)[C@H](C(=O)OC)[C@H](c2ccccc2)N1C. The van der Waals surface area contributed by atoms with Gasteiger partial charge in [-0.1, -0.05) is 30.3 Å². The minimum Gasteiger partial charge on any atom is -0.469 e. The van der Waals surface area contributed by atoms with Gasteiger partial charge in [0, 0.05) is 6.04 Å². The van der Waals surface area contributed by atoms with Crippen molar-refractivity contribution in [2.75, 3.05) is 27.9 Å². The van der Waals surface area contributed by atoms with Gasteiger partial charge in [0.1, 0.15) is 6.04 Å². The van der Waals surface area contributed by atoms with Gasteiger partial charge in [-0.3, -0.25) is 19.3 Å². The van der Waals surface area contributed by atoms with Gasteiger partial charge in [0.2, 0.25) is 0 Å². The quantitative estimate of drug-likeness (QED) is 0.583. The van der Waals surface area contributed by atoms with E-state index in [4.69, 9.17) is 14.2 Å². The van der Waals surface area contributed by atoms with Crippen molar-refractivity contribution in [3.05, 3.63) is 35.9 Å². The van der Waals surface area contributed by atoms with Gasteiger partial charge in [-0.15, -0.1) is 0 Å². The molecule has 0 unspecified atom stereocenters. The van der Waals surface area contributed by atoms with Gasteiger partial charge in [0.05, 0.1) is 32.7 Å². The van der Waals surface area contributed by atoms with Crippen molar-refractivity contribution in [3.8, 4) is 0 Å². The average molecular weight is 349 g/mol. The smallest absolute Gasteiger partial charge is 0.324 e. The summed E-state index contributed by atoms with van der Waals surface area (Å²) in [6, 6.07) is 7.78. The molecule has 2 rings (SSSR count). The Hall–Kier alpha value is -2.41. The van der Waals surface area contributed by atoms with Gasteiger partial charge < -0.3 is 14.2 Å². The summed E-state index contributed by atoms with van der Waals surface area (Å²) in [6.45, 7) is 1.86. The van der Waals surface area contributed by atoms with E-state index in [0.717, 1.165) is 5.56 Å². The Morgan fingerprint density at radius 2 is 1.52 bits per heavy atom. The Morgan fingerprint density at radius 3 is 2.04 bits per heavy atom. The first kappa shape index (κ1) is 18.9. The van der Waals surface area contributed by atoms with Crippen LogP contribution in [0.15, 0.2) is 30.3 Å². The summed E-state index contributed by atoms with van der Waals surface area (Å²) in [5, 5.41) is 0. The number of methoxy groups -OCH3 is 2. The molecule has 7 heteroatoms. The van der Waals surface area contributed by atoms with Gasteiger partial charge in [-0.25, -0.2) is 0 Å². The van der Waals surface area contributed by atoms with E-state index >= 15 is 0 Å². The molecule has 1 saturated heterocycles. The van der Waals surface area contributed by atoms with Gasteiger partial charge in [-0.2, -0.15) is 0 Å². The number of carbonyl (C=O) groups is 3. The summed E-state index contributed by atoms with van der Waals surface area (Å²) in [4.78, 5) is 39.1. The van der Waals surface area contributed by atoms with Crippen LogP contribution in [0.1, 0.15) is 18.5 Å². The predicted molar refractivity (Wildman–Crippen MR) is 88.4 cm³/mol. The number of hydrogen-bond acceptors (Lipinski definition) is 7. The molecular formula is C18H23NO6. The third-order valence-corrected chi connectivity index (χ3v) is 4.56. The number of esters is 3. The number of carbonyl (C=O) groups excluding carboxylic acids is 3. The van der Waals surface area contributed by atoms with Crippen LogP contribution in [-0.2, 0) is 28.6 Å². The number of ether oxygens (including phenoxy) is 3. The van der Waals surface area contributed by atoms with E-state index in [9.17, 15) is 14.4 Å². The van der Waals surface area contributed by atoms with Crippen LogP contribution in [0.25, 0.3) is 0 Å². The standard InChI is InChI=1S/C18H23NO6/c1-5-25-18(22)15-13(17(21)24-4)12(16(20)23-3)14(19(15)2)11-9-7-6-8-10-11/h6-10,12-15H,5H2,1-4H3/t12-,13+,14-,15+/m0/s1. The normalized spacial score (nSPS) is 26.1. The Bertz CT molecular complexity index is 632. The summed E-state index contributed by atoms with van der Waals surface area (Å²) >= 11 is 0. The Balaban J connectivity index is 2.56. The second-order valence-corrected chi connectivity index (χ2v) is 5.82. The molecule has 25 heavy (non-hydrogen) atoms. The molecule has 0 aliphatic carbocycles. The first-order chi connectivity index (χ1) is 12.0. The van der Waals surface area contributed by atoms with Crippen LogP contribution in [0.2, 0.25) is 0 Å². The zero-order valence-corrected chi connectivity index (χ0v) is 14.8. The molecule has 0 amide bonds. The molecule has 1 aromatic carbocycles. The van der Waals surface area contributed by atoms with Crippen LogP contribution < -0.4 is 0 Å². The maximum atomic E-state index is 12.5. The molecule has 1 aliphatic heterocycles. The van der Waals surface area contributed by atoms with Crippen LogP contribution in [-0.4, -0.2) is 56.7 Å². The first-order valence-electron chi connectivity index (χ1n) is 8.07. The largest absolute Gasteiger partial charge is 0.469 e. The molecule has 1 fully saturated rings. The molecular weight excluding hydrogens is 326 g/mol. The van der Waals surface area contributed by atoms with E-state index in [2.05, 4.69) is 0 Å². The van der Waals surface area contributed by atoms with Gasteiger partial charge >= 0.3 is 17.9 Å². The van der Waals surface area contributed by atoms with Crippen LogP contribution in [0.5, 0.6) is 0 Å². The summed E-state index contributed by atoms with van der Waals surface area (Å²) in [6.07, 6.45) is 0. The topological polar surface area (TPSA) is 82.1 Å². The third-order valence-electron chi connectivity index (χ3n) is 4.56. The lowest BCUT2D eigenvalue weighted by atomic mass is 9.84. The number of nitrogens with zero attached hydrogens (tertiary/aromatic N) is 1. The fraction of sp³-hybridized carbons (Fsp3) is 0.500. The number of rotatable bonds is 5. The lowest BCUT2D eigenvalue weighted by Gasteiger charge is -2.26. The second-order valence-electron chi connectivity index (χ2n) is 5.82. The lowest BCUT2D eigenvalue weighted by molar-refractivity contribution is -0.161. The fourth-order valence-electron chi connectivity index (χ4n) is 3.53. The maximum absolute atomic E-state index is 12.5. The zero-order valence-electron chi connectivity index (χ0n) is 14.8. The molecule has 4 atom stereocenters. The van der Waals surface area contributed by atoms with Crippen LogP contribution >= 0.6 is 0 Å². The molecule has 0 radical (unpaired) electrons. The Kier molecular flexibility index (Phi) is 6.14. The highest BCUT2D eigenvalue weighted by Crippen LogP contribution is 2.45. The molecule has 0 aromatic heterocycles. The highest BCUT2D eigenvalue weighted by Gasteiger charge is 2.58. The minimum atomic E-state index is -1.01. The highest BCUT2D eigenvalue weighted by molar-refractivity contribution is 5.91. The minimum absolute atomic E-state index is 0.177. The highest BCUT2D eigenvalue weighted by atomic mass is 16.5. The molecule has 0 spiro atoms. The molecule has 136 valence electrons. The molecule has 0 N–H and O–H groups in total. The maximum Gasteiger partial charge on any atom is 0.324 e. The summed E-state index contributed by atoms with van der Waals surface area (Å²) in [7, 11) is 4.18. The lowest BCUT2D eigenvalue weighted by Crippen LogP contribution is -2.43. The first-order valence-corrected chi connectivity index (χ1v) is 8.07. The van der Waals surface area contributed by atoms with Crippen molar-refractivity contribution in [2.45, 2.75) is 19.0 Å². The van der Waals surface area contributed by atoms with E-state index in [-0.39, 0.29) is 6.61 Å². The molecule has 1 heterocycles. The summed E-state index contributed by atoms with van der Waals surface area (Å²) in [5.74, 6) is -3.65. The Morgan fingerprint density at radius 1 is 0.960 bits per heavy atom. The van der Waals surface area contributed by atoms with E-state index in [0.29, 0.717) is 0 Å². The van der Waals surface area contributed by atoms with Crippen LogP contribution in [0, 0.1) is 11.8 Å². The second kappa shape index (κ2) is 8.11. The van der Waals surface area contributed by atoms with Crippen LogP contribution in [0.4, 0.5) is 0 Å². The van der Waals surface area contributed by atoms with Crippen molar-refractivity contribution < 1.29 is 28.6 Å². The Labute approximate surface area is 146 Å². The van der Waals surface area contributed by atoms with E-state index in [1.807, 2.05) is 30.3 Å². The average Bonchev–Trinajstić information content (AvgIpc) is 2.94. The monoisotopic (exact) mass is 349 g/mol. The van der Waals surface area contributed by atoms with Gasteiger partial charge in [-0.05, 0) is 19.5 Å². The van der Waals surface area contributed by atoms with Crippen molar-refractivity contribution in [1.82, 2.24) is 4.90 Å². The molecule has 0 saturated carbocycles.